The Morgan fingerprint density at radius 2 is 2.10 bits per heavy atom. The van der Waals surface area contributed by atoms with Crippen LogP contribution in [-0.4, -0.2) is 34.7 Å². The van der Waals surface area contributed by atoms with Gasteiger partial charge in [0.15, 0.2) is 5.82 Å². The quantitative estimate of drug-likeness (QED) is 0.901. The first-order chi connectivity index (χ1) is 9.98. The summed E-state index contributed by atoms with van der Waals surface area (Å²) in [7, 11) is 0. The van der Waals surface area contributed by atoms with Gasteiger partial charge in [0.1, 0.15) is 0 Å². The van der Waals surface area contributed by atoms with Gasteiger partial charge in [-0.15, -0.1) is 0 Å². The van der Waals surface area contributed by atoms with Crippen molar-refractivity contribution in [2.75, 3.05) is 18.0 Å². The second kappa shape index (κ2) is 5.44. The minimum absolute atomic E-state index is 0.0369. The largest absolute Gasteiger partial charge is 0.347 e. The molecule has 1 aromatic rings. The van der Waals surface area contributed by atoms with E-state index in [0.29, 0.717) is 17.9 Å². The minimum Gasteiger partial charge on any atom is -0.347 e. The zero-order valence-corrected chi connectivity index (χ0v) is 13.3. The molecule has 1 N–H and O–H groups in total. The maximum Gasteiger partial charge on any atom is 0.293 e. The number of nitrogens with one attached hydrogen (secondary N) is 1. The Kier molecular flexibility index (Phi) is 3.78. The van der Waals surface area contributed by atoms with Crippen molar-refractivity contribution in [3.8, 4) is 0 Å². The van der Waals surface area contributed by atoms with Crippen molar-refractivity contribution < 1.29 is 0 Å². The van der Waals surface area contributed by atoms with Gasteiger partial charge in [0.25, 0.3) is 5.56 Å². The smallest absolute Gasteiger partial charge is 0.293 e. The zero-order valence-electron chi connectivity index (χ0n) is 13.3. The fourth-order valence-electron chi connectivity index (χ4n) is 3.64. The lowest BCUT2D eigenvalue weighted by atomic mass is 10.0. The fourth-order valence-corrected chi connectivity index (χ4v) is 3.64. The predicted octanol–water partition coefficient (Wildman–Crippen LogP) is 1.72. The van der Waals surface area contributed by atoms with E-state index in [0.717, 1.165) is 25.9 Å². The summed E-state index contributed by atoms with van der Waals surface area (Å²) in [5.74, 6) is 0.628. The van der Waals surface area contributed by atoms with Crippen LogP contribution in [0, 0.1) is 0 Å². The molecule has 0 aromatic carbocycles. The third kappa shape index (κ3) is 2.71. The van der Waals surface area contributed by atoms with Crippen molar-refractivity contribution >= 4 is 5.82 Å². The highest BCUT2D eigenvalue weighted by Crippen LogP contribution is 2.27. The lowest BCUT2D eigenvalue weighted by molar-refractivity contribution is 0.381. The molecule has 0 aliphatic carbocycles. The third-order valence-corrected chi connectivity index (χ3v) is 4.68. The lowest BCUT2D eigenvalue weighted by Gasteiger charge is -2.31. The molecule has 1 aromatic heterocycles. The van der Waals surface area contributed by atoms with Crippen LogP contribution in [0.15, 0.2) is 17.2 Å². The average Bonchev–Trinajstić information content (AvgIpc) is 3.08. The number of hydrogen-bond acceptors (Lipinski definition) is 4. The summed E-state index contributed by atoms with van der Waals surface area (Å²) in [6, 6.07) is 0.931. The van der Waals surface area contributed by atoms with E-state index < -0.39 is 0 Å². The standard InChI is InChI=1S/C16H26N4O/c1-16(2,3)20-11-9-18-14(15(20)21)19-10-5-7-13(19)12-6-4-8-17-12/h9,11-13,17H,4-8,10H2,1-3H3. The predicted molar refractivity (Wildman–Crippen MR) is 84.9 cm³/mol. The Morgan fingerprint density at radius 1 is 1.29 bits per heavy atom. The van der Waals surface area contributed by atoms with Crippen molar-refractivity contribution in [1.82, 2.24) is 14.9 Å². The lowest BCUT2D eigenvalue weighted by Crippen LogP contribution is -2.47. The first-order valence-corrected chi connectivity index (χ1v) is 8.06. The first-order valence-electron chi connectivity index (χ1n) is 8.06. The first kappa shape index (κ1) is 14.6. The van der Waals surface area contributed by atoms with E-state index in [9.17, 15) is 4.79 Å². The van der Waals surface area contributed by atoms with E-state index >= 15 is 0 Å². The van der Waals surface area contributed by atoms with Crippen LogP contribution >= 0.6 is 0 Å². The fraction of sp³-hybridized carbons (Fsp3) is 0.750. The monoisotopic (exact) mass is 290 g/mol. The van der Waals surface area contributed by atoms with Crippen molar-refractivity contribution in [2.24, 2.45) is 0 Å². The van der Waals surface area contributed by atoms with Crippen LogP contribution in [0.4, 0.5) is 5.82 Å². The Balaban J connectivity index is 1.94. The van der Waals surface area contributed by atoms with Crippen LogP contribution in [0.25, 0.3) is 0 Å². The molecule has 2 aliphatic rings. The molecule has 5 nitrogen and oxygen atoms in total. The zero-order chi connectivity index (χ0) is 15.0. The van der Waals surface area contributed by atoms with E-state index in [2.05, 4.69) is 36.0 Å². The van der Waals surface area contributed by atoms with Gasteiger partial charge in [-0.05, 0) is 53.0 Å². The van der Waals surface area contributed by atoms with Crippen LogP contribution < -0.4 is 15.8 Å². The van der Waals surface area contributed by atoms with Crippen LogP contribution in [0.3, 0.4) is 0 Å². The highest BCUT2D eigenvalue weighted by Gasteiger charge is 2.35. The highest BCUT2D eigenvalue weighted by molar-refractivity contribution is 5.40. The Labute approximate surface area is 126 Å². The Hall–Kier alpha value is -1.36. The Morgan fingerprint density at radius 3 is 2.76 bits per heavy atom. The van der Waals surface area contributed by atoms with Gasteiger partial charge in [-0.3, -0.25) is 4.79 Å². The van der Waals surface area contributed by atoms with Gasteiger partial charge in [-0.1, -0.05) is 0 Å². The second-order valence-electron chi connectivity index (χ2n) is 7.20. The van der Waals surface area contributed by atoms with Gasteiger partial charge in [0.05, 0.1) is 0 Å². The molecular weight excluding hydrogens is 264 g/mol. The van der Waals surface area contributed by atoms with Crippen molar-refractivity contribution in [3.05, 3.63) is 22.7 Å². The van der Waals surface area contributed by atoms with Crippen molar-refractivity contribution in [1.29, 1.82) is 0 Å². The molecule has 2 aliphatic heterocycles. The molecule has 21 heavy (non-hydrogen) atoms. The van der Waals surface area contributed by atoms with Gasteiger partial charge in [0, 0.05) is 36.6 Å². The van der Waals surface area contributed by atoms with Crippen molar-refractivity contribution in [2.45, 2.75) is 64.1 Å². The van der Waals surface area contributed by atoms with Crippen LogP contribution in [0.5, 0.6) is 0 Å². The van der Waals surface area contributed by atoms with Crippen LogP contribution in [-0.2, 0) is 5.54 Å². The summed E-state index contributed by atoms with van der Waals surface area (Å²) in [6.45, 7) is 8.21. The molecule has 5 heteroatoms. The van der Waals surface area contributed by atoms with Crippen LogP contribution in [0.2, 0.25) is 0 Å². The van der Waals surface area contributed by atoms with Gasteiger partial charge < -0.3 is 14.8 Å². The summed E-state index contributed by atoms with van der Waals surface area (Å²) in [5, 5.41) is 3.58. The molecule has 0 amide bonds. The van der Waals surface area contributed by atoms with Crippen molar-refractivity contribution in [3.63, 3.8) is 0 Å². The second-order valence-corrected chi connectivity index (χ2v) is 7.20. The number of hydrogen-bond donors (Lipinski definition) is 1. The van der Waals surface area contributed by atoms with Gasteiger partial charge >= 0.3 is 0 Å². The summed E-state index contributed by atoms with van der Waals surface area (Å²) in [5.41, 5.74) is -0.176. The van der Waals surface area contributed by atoms with Gasteiger partial charge in [-0.2, -0.15) is 0 Å². The molecule has 2 fully saturated rings. The molecular formula is C16H26N4O. The van der Waals surface area contributed by atoms with Crippen LogP contribution in [0.1, 0.15) is 46.5 Å². The number of rotatable bonds is 2. The van der Waals surface area contributed by atoms with E-state index in [1.807, 2.05) is 0 Å². The third-order valence-electron chi connectivity index (χ3n) is 4.68. The average molecular weight is 290 g/mol. The van der Waals surface area contributed by atoms with E-state index in [1.54, 1.807) is 17.0 Å². The SMILES string of the molecule is CC(C)(C)n1ccnc(N2CCCC2C2CCCN2)c1=O. The van der Waals surface area contributed by atoms with E-state index in [4.69, 9.17) is 0 Å². The molecule has 0 saturated carbocycles. The molecule has 0 bridgehead atoms. The molecule has 0 spiro atoms. The maximum atomic E-state index is 12.8. The molecule has 2 unspecified atom stereocenters. The highest BCUT2D eigenvalue weighted by atomic mass is 16.1. The molecule has 2 atom stereocenters. The Bertz CT molecular complexity index is 554. The van der Waals surface area contributed by atoms with Gasteiger partial charge in [0.2, 0.25) is 0 Å². The minimum atomic E-state index is -0.213. The summed E-state index contributed by atoms with van der Waals surface area (Å²) in [4.78, 5) is 19.5. The molecule has 0 radical (unpaired) electrons. The normalized spacial score (nSPS) is 26.5. The summed E-state index contributed by atoms with van der Waals surface area (Å²) >= 11 is 0. The topological polar surface area (TPSA) is 50.2 Å². The number of anilines is 1. The summed E-state index contributed by atoms with van der Waals surface area (Å²) in [6.07, 6.45) is 8.31. The maximum absolute atomic E-state index is 12.8. The van der Waals surface area contributed by atoms with Gasteiger partial charge in [-0.25, -0.2) is 4.98 Å². The van der Waals surface area contributed by atoms with E-state index in [1.165, 1.54) is 12.8 Å². The summed E-state index contributed by atoms with van der Waals surface area (Å²) < 4.78 is 1.80. The number of nitrogens with zero attached hydrogens (tertiary/aromatic N) is 3. The number of aromatic nitrogens is 2. The van der Waals surface area contributed by atoms with E-state index in [-0.39, 0.29) is 11.1 Å². The molecule has 3 heterocycles. The molecule has 2 saturated heterocycles. The molecule has 3 rings (SSSR count). The molecule has 116 valence electrons.